The first-order valence-corrected chi connectivity index (χ1v) is 21.4. The van der Waals surface area contributed by atoms with Crippen LogP contribution in [0.15, 0.2) is 127 Å². The molecule has 0 saturated carbocycles. The molecule has 0 unspecified atom stereocenters. The van der Waals surface area contributed by atoms with Gasteiger partial charge in [0.15, 0.2) is 0 Å². The molecular weight excluding hydrogens is 707 g/mol. The first kappa shape index (κ1) is 33.6. The molecule has 0 saturated heterocycles. The van der Waals surface area contributed by atoms with E-state index in [1.165, 1.54) is 114 Å². The molecule has 4 heteroatoms. The number of fused-ring (bicyclic) bond motifs is 14. The number of thiophene rings is 1. The van der Waals surface area contributed by atoms with E-state index in [0.717, 1.165) is 0 Å². The summed E-state index contributed by atoms with van der Waals surface area (Å²) >= 11 is 1.91. The van der Waals surface area contributed by atoms with Crippen LogP contribution < -0.4 is 15.7 Å². The third-order valence-electron chi connectivity index (χ3n) is 13.7. The van der Waals surface area contributed by atoms with Crippen molar-refractivity contribution in [1.82, 2.24) is 4.57 Å². The summed E-state index contributed by atoms with van der Waals surface area (Å²) in [6.07, 6.45) is 0. The first-order chi connectivity index (χ1) is 27.3. The van der Waals surface area contributed by atoms with Gasteiger partial charge in [-0.1, -0.05) is 134 Å². The van der Waals surface area contributed by atoms with Gasteiger partial charge in [0.2, 0.25) is 0 Å². The second kappa shape index (κ2) is 10.9. The number of benzene rings is 7. The van der Waals surface area contributed by atoms with Gasteiger partial charge in [-0.2, -0.15) is 0 Å². The highest BCUT2D eigenvalue weighted by Gasteiger charge is 2.46. The van der Waals surface area contributed by atoms with Crippen molar-refractivity contribution in [2.75, 3.05) is 4.81 Å². The zero-order valence-corrected chi connectivity index (χ0v) is 34.8. The van der Waals surface area contributed by atoms with E-state index in [1.807, 2.05) is 11.3 Å². The quantitative estimate of drug-likeness (QED) is 0.152. The molecule has 276 valence electrons. The van der Waals surface area contributed by atoms with Crippen molar-refractivity contribution in [3.8, 4) is 27.9 Å². The fourth-order valence-electron chi connectivity index (χ4n) is 10.7. The van der Waals surface area contributed by atoms with Crippen LogP contribution in [-0.4, -0.2) is 11.4 Å². The molecule has 4 heterocycles. The Morgan fingerprint density at radius 1 is 0.526 bits per heavy atom. The Kier molecular flexibility index (Phi) is 6.40. The average molecular weight is 753 g/mol. The van der Waals surface area contributed by atoms with Crippen LogP contribution in [0.1, 0.15) is 77.6 Å². The summed E-state index contributed by atoms with van der Waals surface area (Å²) in [5.74, 6) is 0. The zero-order chi connectivity index (χ0) is 38.9. The summed E-state index contributed by atoms with van der Waals surface area (Å²) in [5, 5.41) is 5.35. The van der Waals surface area contributed by atoms with E-state index in [0.29, 0.717) is 0 Å². The van der Waals surface area contributed by atoms with Gasteiger partial charge in [-0.25, -0.2) is 0 Å². The van der Waals surface area contributed by atoms with Crippen molar-refractivity contribution < 1.29 is 0 Å². The number of hydrogen-bond donors (Lipinski definition) is 0. The van der Waals surface area contributed by atoms with Crippen molar-refractivity contribution in [2.45, 2.75) is 71.6 Å². The van der Waals surface area contributed by atoms with E-state index in [4.69, 9.17) is 0 Å². The summed E-state index contributed by atoms with van der Waals surface area (Å²) in [5.41, 5.74) is 20.1. The van der Waals surface area contributed by atoms with Crippen LogP contribution in [0.25, 0.3) is 69.9 Å². The lowest BCUT2D eigenvalue weighted by Crippen LogP contribution is -2.60. The topological polar surface area (TPSA) is 8.17 Å². The van der Waals surface area contributed by atoms with Crippen molar-refractivity contribution in [1.29, 1.82) is 0 Å². The maximum Gasteiger partial charge on any atom is 0.333 e. The van der Waals surface area contributed by atoms with E-state index in [1.54, 1.807) is 0 Å². The lowest BCUT2D eigenvalue weighted by molar-refractivity contribution is 0.590. The average Bonchev–Trinajstić information content (AvgIpc) is 3.80. The van der Waals surface area contributed by atoms with Gasteiger partial charge < -0.3 is 9.38 Å². The monoisotopic (exact) mass is 752 g/mol. The second-order valence-electron chi connectivity index (χ2n) is 19.4. The van der Waals surface area contributed by atoms with Gasteiger partial charge in [-0.15, -0.1) is 11.3 Å². The SMILES string of the molecule is CC(C)(C)c1ccc(N2B3c4cc5c(cc4-n4c6cc7c(cc6c6ccc(c3c64)-c3cc(C(C)(C)C)ccc32)sc2ccccc27)C(C)(C)c2ccccc2-5)cc1. The molecule has 0 N–H and O–H groups in total. The van der Waals surface area contributed by atoms with Crippen LogP contribution in [0, 0.1) is 0 Å². The molecule has 2 aromatic heterocycles. The van der Waals surface area contributed by atoms with Crippen LogP contribution in [0.2, 0.25) is 0 Å². The van der Waals surface area contributed by atoms with Crippen molar-refractivity contribution in [2.24, 2.45) is 0 Å². The summed E-state index contributed by atoms with van der Waals surface area (Å²) in [6.45, 7) is 18.7. The zero-order valence-electron chi connectivity index (χ0n) is 34.0. The summed E-state index contributed by atoms with van der Waals surface area (Å²) in [6, 6.07) is 49.8. The molecule has 1 aliphatic carbocycles. The molecule has 3 aliphatic rings. The summed E-state index contributed by atoms with van der Waals surface area (Å²) in [4.78, 5) is 2.68. The number of rotatable bonds is 1. The number of nitrogens with zero attached hydrogens (tertiary/aromatic N) is 2. The number of hydrogen-bond acceptors (Lipinski definition) is 2. The molecule has 2 aliphatic heterocycles. The van der Waals surface area contributed by atoms with Crippen LogP contribution in [0.5, 0.6) is 0 Å². The predicted octanol–water partition coefficient (Wildman–Crippen LogP) is 13.3. The predicted molar refractivity (Wildman–Crippen MR) is 248 cm³/mol. The van der Waals surface area contributed by atoms with Gasteiger partial charge in [0, 0.05) is 59.0 Å². The standard InChI is InChI=1S/C53H45BN2S/c1-51(2,3)30-17-20-32(21-18-30)56-44-24-19-31(52(4,5)6)25-38(44)35-22-23-36-39-28-48-40(34-14-10-12-16-47(34)57-48)27-45(39)55-46-29-42-37(26-43(46)54(56)49(35)50(36)55)33-13-9-11-15-41(33)53(42,7)8/h9-29H,1-8H3. The minimum atomic E-state index is -0.118. The second-order valence-corrected chi connectivity index (χ2v) is 20.5. The highest BCUT2D eigenvalue weighted by atomic mass is 32.1. The van der Waals surface area contributed by atoms with Gasteiger partial charge in [-0.05, 0) is 109 Å². The highest BCUT2D eigenvalue weighted by Crippen LogP contribution is 2.52. The Balaban J connectivity index is 1.25. The highest BCUT2D eigenvalue weighted by molar-refractivity contribution is 7.25. The molecule has 12 rings (SSSR count). The summed E-state index contributed by atoms with van der Waals surface area (Å²) in [7, 11) is 0. The number of anilines is 2. The van der Waals surface area contributed by atoms with Gasteiger partial charge in [0.25, 0.3) is 0 Å². The lowest BCUT2D eigenvalue weighted by Gasteiger charge is -2.43. The molecular formula is C53H45BN2S. The van der Waals surface area contributed by atoms with Gasteiger partial charge in [0.05, 0.1) is 11.0 Å². The molecule has 0 amide bonds. The van der Waals surface area contributed by atoms with E-state index in [2.05, 4.69) is 192 Å². The Morgan fingerprint density at radius 3 is 2.05 bits per heavy atom. The van der Waals surface area contributed by atoms with E-state index >= 15 is 0 Å². The minimum absolute atomic E-state index is 0.0170. The fourth-order valence-corrected chi connectivity index (χ4v) is 11.8. The Hall–Kier alpha value is -5.58. The lowest BCUT2D eigenvalue weighted by atomic mass is 9.43. The molecule has 2 nitrogen and oxygen atoms in total. The van der Waals surface area contributed by atoms with Gasteiger partial charge in [-0.3, -0.25) is 0 Å². The third-order valence-corrected chi connectivity index (χ3v) is 14.8. The summed E-state index contributed by atoms with van der Waals surface area (Å²) < 4.78 is 5.36. The van der Waals surface area contributed by atoms with E-state index < -0.39 is 0 Å². The normalized spacial score (nSPS) is 15.1. The molecule has 7 aromatic carbocycles. The molecule has 0 spiro atoms. The minimum Gasteiger partial charge on any atom is -0.376 e. The van der Waals surface area contributed by atoms with Crippen LogP contribution >= 0.6 is 11.3 Å². The molecule has 0 radical (unpaired) electrons. The van der Waals surface area contributed by atoms with Crippen LogP contribution in [0.4, 0.5) is 11.4 Å². The molecule has 0 fully saturated rings. The smallest absolute Gasteiger partial charge is 0.333 e. The van der Waals surface area contributed by atoms with Gasteiger partial charge in [0.1, 0.15) is 0 Å². The molecule has 0 bridgehead atoms. The Labute approximate surface area is 339 Å². The Bertz CT molecular complexity index is 3230. The van der Waals surface area contributed by atoms with Crippen molar-refractivity contribution >= 4 is 82.5 Å². The molecule has 57 heavy (non-hydrogen) atoms. The maximum atomic E-state index is 2.68. The molecule has 0 atom stereocenters. The Morgan fingerprint density at radius 2 is 1.26 bits per heavy atom. The first-order valence-electron chi connectivity index (χ1n) is 20.5. The largest absolute Gasteiger partial charge is 0.376 e. The van der Waals surface area contributed by atoms with Crippen LogP contribution in [-0.2, 0) is 16.2 Å². The fraction of sp³-hybridized carbons (Fsp3) is 0.208. The van der Waals surface area contributed by atoms with E-state index in [9.17, 15) is 0 Å². The maximum absolute atomic E-state index is 2.68. The molecule has 9 aromatic rings. The van der Waals surface area contributed by atoms with Gasteiger partial charge >= 0.3 is 6.85 Å². The number of aromatic nitrogens is 1. The van der Waals surface area contributed by atoms with E-state index in [-0.39, 0.29) is 23.1 Å². The third kappa shape index (κ3) is 4.37. The van der Waals surface area contributed by atoms with Crippen LogP contribution in [0.3, 0.4) is 0 Å². The van der Waals surface area contributed by atoms with Crippen molar-refractivity contribution in [3.63, 3.8) is 0 Å². The van der Waals surface area contributed by atoms with Crippen molar-refractivity contribution in [3.05, 3.63) is 150 Å².